The van der Waals surface area contributed by atoms with Gasteiger partial charge in [0, 0.05) is 36.6 Å². The first-order chi connectivity index (χ1) is 19.5. The highest BCUT2D eigenvalue weighted by Crippen LogP contribution is 2.47. The number of Topliss-reactive ketones (excluding diaryl/α,β-unsaturated/α-hetero) is 1. The Kier molecular flexibility index (Phi) is 10.6. The second-order valence-electron chi connectivity index (χ2n) is 9.96. The Morgan fingerprint density at radius 3 is 2.22 bits per heavy atom. The molecule has 0 bridgehead atoms. The van der Waals surface area contributed by atoms with E-state index in [9.17, 15) is 29.4 Å². The van der Waals surface area contributed by atoms with Gasteiger partial charge in [-0.15, -0.1) is 0 Å². The van der Waals surface area contributed by atoms with Crippen LogP contribution in [0.15, 0.2) is 18.2 Å². The van der Waals surface area contributed by atoms with Crippen molar-refractivity contribution in [3.63, 3.8) is 0 Å². The lowest BCUT2D eigenvalue weighted by Crippen LogP contribution is -2.29. The molecule has 11 nitrogen and oxygen atoms in total. The Morgan fingerprint density at radius 1 is 0.976 bits per heavy atom. The number of rotatable bonds is 4. The quantitative estimate of drug-likeness (QED) is 0.267. The zero-order valence-corrected chi connectivity index (χ0v) is 23.6. The summed E-state index contributed by atoms with van der Waals surface area (Å²) in [7, 11) is 2.38. The van der Waals surface area contributed by atoms with E-state index in [1.54, 1.807) is 12.1 Å². The summed E-state index contributed by atoms with van der Waals surface area (Å²) in [5.41, 5.74) is 0.202. The number of carbonyl (C=O) groups is 4. The molecule has 222 valence electrons. The summed E-state index contributed by atoms with van der Waals surface area (Å²) in [5.74, 6) is -3.19. The van der Waals surface area contributed by atoms with Crippen molar-refractivity contribution < 1.29 is 53.8 Å². The molecule has 1 heterocycles. The lowest BCUT2D eigenvalue weighted by atomic mass is 9.75. The van der Waals surface area contributed by atoms with Crippen LogP contribution in [0.5, 0.6) is 17.2 Å². The first kappa shape index (κ1) is 31.7. The molecule has 0 aromatic heterocycles. The van der Waals surface area contributed by atoms with Crippen molar-refractivity contribution in [3.8, 4) is 17.2 Å². The number of fused-ring (bicyclic) bond motifs is 3. The summed E-state index contributed by atoms with van der Waals surface area (Å²) in [6.07, 6.45) is 3.41. The van der Waals surface area contributed by atoms with Crippen molar-refractivity contribution in [2.75, 3.05) is 20.8 Å². The molecule has 1 saturated heterocycles. The average Bonchev–Trinajstić information content (AvgIpc) is 2.97. The molecule has 3 aliphatic rings. The van der Waals surface area contributed by atoms with Gasteiger partial charge in [-0.2, -0.15) is 0 Å². The van der Waals surface area contributed by atoms with Crippen molar-refractivity contribution in [1.29, 1.82) is 0 Å². The highest BCUT2D eigenvalue weighted by Gasteiger charge is 2.41. The number of esters is 1. The van der Waals surface area contributed by atoms with Gasteiger partial charge < -0.3 is 34.6 Å². The van der Waals surface area contributed by atoms with Gasteiger partial charge >= 0.3 is 5.97 Å². The SMILES string of the molecule is CO.COc1cccc2c1C(=O)c1c(O)c3c(c(O)c1C2=O)C[C@@H](C(=O)COC(C)=O)CC3.C[C@H]1CCCC(O)O1. The van der Waals surface area contributed by atoms with Gasteiger partial charge in [0.25, 0.3) is 0 Å². The van der Waals surface area contributed by atoms with Crippen LogP contribution in [0.25, 0.3) is 0 Å². The molecule has 1 aliphatic heterocycles. The number of ether oxygens (including phenoxy) is 3. The third-order valence-corrected chi connectivity index (χ3v) is 7.35. The molecule has 2 aromatic carbocycles. The van der Waals surface area contributed by atoms with Crippen LogP contribution < -0.4 is 4.74 Å². The van der Waals surface area contributed by atoms with E-state index in [1.807, 2.05) is 6.92 Å². The third kappa shape index (κ3) is 6.58. The minimum Gasteiger partial charge on any atom is -0.507 e. The van der Waals surface area contributed by atoms with Crippen LogP contribution in [0, 0.1) is 5.92 Å². The minimum atomic E-state index is -0.606. The molecule has 3 atom stereocenters. The van der Waals surface area contributed by atoms with Gasteiger partial charge in [-0.1, -0.05) is 12.1 Å². The Hall–Kier alpha value is -3.80. The van der Waals surface area contributed by atoms with Gasteiger partial charge in [0.2, 0.25) is 5.78 Å². The van der Waals surface area contributed by atoms with E-state index in [2.05, 4.69) is 0 Å². The second-order valence-corrected chi connectivity index (χ2v) is 9.96. The molecule has 0 saturated carbocycles. The van der Waals surface area contributed by atoms with E-state index in [4.69, 9.17) is 24.4 Å². The fraction of sp³-hybridized carbons (Fsp3) is 0.467. The molecule has 2 aliphatic carbocycles. The second kappa shape index (κ2) is 13.7. The first-order valence-corrected chi connectivity index (χ1v) is 13.3. The normalized spacial score (nSPS) is 20.6. The number of phenols is 2. The number of methoxy groups -OCH3 is 1. The maximum Gasteiger partial charge on any atom is 0.303 e. The summed E-state index contributed by atoms with van der Waals surface area (Å²) in [4.78, 5) is 49.7. The summed E-state index contributed by atoms with van der Waals surface area (Å²) >= 11 is 0. The smallest absolute Gasteiger partial charge is 0.303 e. The molecule has 1 unspecified atom stereocenters. The molecule has 41 heavy (non-hydrogen) atoms. The van der Waals surface area contributed by atoms with Gasteiger partial charge in [-0.25, -0.2) is 0 Å². The number of aromatic hydroxyl groups is 2. The predicted molar refractivity (Wildman–Crippen MR) is 145 cm³/mol. The van der Waals surface area contributed by atoms with Crippen LogP contribution in [0.2, 0.25) is 0 Å². The Bertz CT molecular complexity index is 1320. The van der Waals surface area contributed by atoms with Crippen LogP contribution >= 0.6 is 0 Å². The topological polar surface area (TPSA) is 177 Å². The number of aliphatic hydroxyl groups excluding tert-OH is 2. The fourth-order valence-electron chi connectivity index (χ4n) is 5.36. The summed E-state index contributed by atoms with van der Waals surface area (Å²) < 4.78 is 15.0. The molecule has 1 fully saturated rings. The lowest BCUT2D eigenvalue weighted by molar-refractivity contribution is -0.156. The summed E-state index contributed by atoms with van der Waals surface area (Å²) in [6, 6.07) is 4.57. The first-order valence-electron chi connectivity index (χ1n) is 13.3. The van der Waals surface area contributed by atoms with E-state index in [-0.39, 0.29) is 70.7 Å². The van der Waals surface area contributed by atoms with Crippen LogP contribution in [0.4, 0.5) is 0 Å². The van der Waals surface area contributed by atoms with E-state index < -0.39 is 35.5 Å². The van der Waals surface area contributed by atoms with Crippen molar-refractivity contribution >= 4 is 23.3 Å². The highest BCUT2D eigenvalue weighted by atomic mass is 16.6. The maximum atomic E-state index is 13.2. The Balaban J connectivity index is 0.000000394. The number of benzene rings is 2. The number of aliphatic hydroxyl groups is 2. The average molecular weight is 573 g/mol. The third-order valence-electron chi connectivity index (χ3n) is 7.35. The monoisotopic (exact) mass is 572 g/mol. The van der Waals surface area contributed by atoms with E-state index in [0.29, 0.717) is 12.0 Å². The maximum absolute atomic E-state index is 13.2. The number of phenolic OH excluding ortho intramolecular Hbond substituents is 2. The minimum absolute atomic E-state index is 0.0439. The number of ketones is 3. The number of hydrogen-bond acceptors (Lipinski definition) is 11. The summed E-state index contributed by atoms with van der Waals surface area (Å²) in [5, 5.41) is 37.7. The lowest BCUT2D eigenvalue weighted by Gasteiger charge is -2.29. The molecule has 11 heteroatoms. The molecular weight excluding hydrogens is 536 g/mol. The van der Waals surface area contributed by atoms with E-state index in [0.717, 1.165) is 26.4 Å². The number of hydrogen-bond donors (Lipinski definition) is 4. The molecule has 0 amide bonds. The molecular formula is C30H36O11. The van der Waals surface area contributed by atoms with Gasteiger partial charge in [0.05, 0.1) is 29.9 Å². The summed E-state index contributed by atoms with van der Waals surface area (Å²) in [6.45, 7) is 2.81. The van der Waals surface area contributed by atoms with Crippen LogP contribution in [0.3, 0.4) is 0 Å². The van der Waals surface area contributed by atoms with Crippen LogP contribution in [0.1, 0.15) is 82.5 Å². The number of carbonyl (C=O) groups excluding carboxylic acids is 4. The fourth-order valence-corrected chi connectivity index (χ4v) is 5.36. The van der Waals surface area contributed by atoms with Gasteiger partial charge in [0.15, 0.2) is 17.9 Å². The molecule has 2 aromatic rings. The van der Waals surface area contributed by atoms with E-state index >= 15 is 0 Å². The zero-order valence-electron chi connectivity index (χ0n) is 23.6. The van der Waals surface area contributed by atoms with Gasteiger partial charge in [-0.3, -0.25) is 19.2 Å². The van der Waals surface area contributed by atoms with Crippen molar-refractivity contribution in [2.45, 2.75) is 64.8 Å². The standard InChI is InChI=1S/C23H20O8.C6H12O2.CH4O/c1-10(24)31-9-15(25)11-6-7-12-14(8-11)22(28)18-19(20(12)26)23(29)17-13(21(18)27)4-3-5-16(17)30-2;1-5-3-2-4-6(7)8-5;1-2/h3-5,11,26,28H,6-9H2,1-2H3;5-7H,2-4H2,1H3;2H,1H3/t11-;5-,6?;/m00./s1. The zero-order chi connectivity index (χ0) is 30.4. The van der Waals surface area contributed by atoms with Gasteiger partial charge in [-0.05, 0) is 51.5 Å². The van der Waals surface area contributed by atoms with Crippen molar-refractivity contribution in [3.05, 3.63) is 51.6 Å². The predicted octanol–water partition coefficient (Wildman–Crippen LogP) is 2.62. The van der Waals surface area contributed by atoms with Crippen LogP contribution in [-0.2, 0) is 31.9 Å². The Morgan fingerprint density at radius 2 is 1.63 bits per heavy atom. The largest absolute Gasteiger partial charge is 0.507 e. The molecule has 5 rings (SSSR count). The van der Waals surface area contributed by atoms with Crippen molar-refractivity contribution in [2.24, 2.45) is 5.92 Å². The van der Waals surface area contributed by atoms with Crippen LogP contribution in [-0.4, -0.2) is 77.0 Å². The molecule has 0 spiro atoms. The molecule has 0 radical (unpaired) electrons. The van der Waals surface area contributed by atoms with Gasteiger partial charge in [0.1, 0.15) is 23.9 Å². The molecule has 4 N–H and O–H groups in total. The highest BCUT2D eigenvalue weighted by molar-refractivity contribution is 6.31. The van der Waals surface area contributed by atoms with Crippen molar-refractivity contribution in [1.82, 2.24) is 0 Å². The van der Waals surface area contributed by atoms with E-state index in [1.165, 1.54) is 20.1 Å². The Labute approximate surface area is 237 Å².